The first kappa shape index (κ1) is 14.7. The molecule has 1 saturated heterocycles. The minimum Gasteiger partial charge on any atom is -0.480 e. The number of carboxylic acid groups (broad SMARTS) is 1. The number of nitrogens with one attached hydrogen (secondary N) is 1. The van der Waals surface area contributed by atoms with Crippen molar-refractivity contribution in [2.24, 2.45) is 7.05 Å². The minimum atomic E-state index is -0.954. The summed E-state index contributed by atoms with van der Waals surface area (Å²) in [6.07, 6.45) is 4.31. The number of urea groups is 1. The molecule has 1 aliphatic rings. The quantitative estimate of drug-likeness (QED) is 0.846. The van der Waals surface area contributed by atoms with Crippen molar-refractivity contribution in [2.45, 2.75) is 24.8 Å². The highest BCUT2D eigenvalue weighted by atomic mass is 32.2. The summed E-state index contributed by atoms with van der Waals surface area (Å²) in [7, 11) is 1.84. The molecule has 8 heteroatoms. The maximum atomic E-state index is 12.1. The van der Waals surface area contributed by atoms with Crippen molar-refractivity contribution in [3.8, 4) is 0 Å². The number of carboxylic acids is 1. The van der Waals surface area contributed by atoms with Gasteiger partial charge in [-0.3, -0.25) is 9.58 Å². The van der Waals surface area contributed by atoms with Crippen molar-refractivity contribution in [1.29, 1.82) is 0 Å². The van der Waals surface area contributed by atoms with E-state index >= 15 is 0 Å². The number of amides is 2. The van der Waals surface area contributed by atoms with Gasteiger partial charge in [-0.25, -0.2) is 9.59 Å². The predicted molar refractivity (Wildman–Crippen MR) is 75.5 cm³/mol. The van der Waals surface area contributed by atoms with E-state index in [9.17, 15) is 9.59 Å². The van der Waals surface area contributed by atoms with Crippen molar-refractivity contribution >= 4 is 23.8 Å². The number of aliphatic carboxylic acids is 1. The molecule has 7 nitrogen and oxygen atoms in total. The summed E-state index contributed by atoms with van der Waals surface area (Å²) < 4.78 is 1.71. The first-order chi connectivity index (χ1) is 9.49. The highest BCUT2D eigenvalue weighted by molar-refractivity contribution is 8.00. The Kier molecular flexibility index (Phi) is 4.53. The molecule has 0 aliphatic carbocycles. The van der Waals surface area contributed by atoms with Crippen LogP contribution in [0.25, 0.3) is 0 Å². The van der Waals surface area contributed by atoms with Gasteiger partial charge in [0.25, 0.3) is 0 Å². The molecule has 2 atom stereocenters. The van der Waals surface area contributed by atoms with Crippen LogP contribution >= 0.6 is 11.8 Å². The largest absolute Gasteiger partial charge is 0.480 e. The lowest BCUT2D eigenvalue weighted by atomic mass is 10.2. The van der Waals surface area contributed by atoms with Gasteiger partial charge in [0.05, 0.1) is 11.6 Å². The molecule has 1 aromatic heterocycles. The van der Waals surface area contributed by atoms with Gasteiger partial charge in [0.2, 0.25) is 0 Å². The Morgan fingerprint density at radius 2 is 2.35 bits per heavy atom. The lowest BCUT2D eigenvalue weighted by Gasteiger charge is -2.25. The maximum absolute atomic E-state index is 12.1. The van der Waals surface area contributed by atoms with E-state index in [1.165, 1.54) is 16.7 Å². The van der Waals surface area contributed by atoms with Gasteiger partial charge in [0.15, 0.2) is 0 Å². The smallest absolute Gasteiger partial charge is 0.327 e. The number of carbonyl (C=O) groups excluding carboxylic acids is 1. The van der Waals surface area contributed by atoms with Crippen LogP contribution in [-0.2, 0) is 18.3 Å². The molecule has 1 aromatic rings. The standard InChI is InChI=1S/C12H18N4O3S/c1-8-16(10(7-20-8)11(17)18)12(19)13-4-3-9-5-14-15(2)6-9/h5-6,8,10H,3-4,7H2,1-2H3,(H,13,19)(H,17,18). The van der Waals surface area contributed by atoms with Crippen LogP contribution in [0, 0.1) is 0 Å². The second kappa shape index (κ2) is 6.17. The van der Waals surface area contributed by atoms with E-state index < -0.39 is 12.0 Å². The highest BCUT2D eigenvalue weighted by Crippen LogP contribution is 2.28. The number of hydrogen-bond donors (Lipinski definition) is 2. The van der Waals surface area contributed by atoms with E-state index in [0.717, 1.165) is 5.56 Å². The Bertz CT molecular complexity index is 505. The molecular weight excluding hydrogens is 280 g/mol. The summed E-state index contributed by atoms with van der Waals surface area (Å²) in [4.78, 5) is 24.6. The molecular formula is C12H18N4O3S. The molecule has 1 fully saturated rings. The van der Waals surface area contributed by atoms with Crippen LogP contribution < -0.4 is 5.32 Å². The van der Waals surface area contributed by atoms with Crippen molar-refractivity contribution in [3.63, 3.8) is 0 Å². The van der Waals surface area contributed by atoms with Crippen molar-refractivity contribution in [2.75, 3.05) is 12.3 Å². The molecule has 2 heterocycles. The molecule has 1 aliphatic heterocycles. The summed E-state index contributed by atoms with van der Waals surface area (Å²) in [5.41, 5.74) is 1.03. The molecule has 2 unspecified atom stereocenters. The number of aromatic nitrogens is 2. The zero-order valence-corrected chi connectivity index (χ0v) is 12.3. The van der Waals surface area contributed by atoms with Gasteiger partial charge in [-0.05, 0) is 18.9 Å². The predicted octanol–water partition coefficient (Wildman–Crippen LogP) is 0.520. The van der Waals surface area contributed by atoms with E-state index in [1.807, 2.05) is 20.2 Å². The van der Waals surface area contributed by atoms with Gasteiger partial charge in [-0.2, -0.15) is 5.10 Å². The fourth-order valence-electron chi connectivity index (χ4n) is 2.15. The first-order valence-electron chi connectivity index (χ1n) is 6.37. The van der Waals surface area contributed by atoms with Crippen LogP contribution in [0.15, 0.2) is 12.4 Å². The Labute approximate surface area is 121 Å². The number of aryl methyl sites for hydroxylation is 1. The van der Waals surface area contributed by atoms with E-state index in [1.54, 1.807) is 10.9 Å². The lowest BCUT2D eigenvalue weighted by Crippen LogP contribution is -2.49. The summed E-state index contributed by atoms with van der Waals surface area (Å²) in [6.45, 7) is 2.30. The summed E-state index contributed by atoms with van der Waals surface area (Å²) in [5.74, 6) is -0.517. The average Bonchev–Trinajstić information content (AvgIpc) is 2.95. The maximum Gasteiger partial charge on any atom is 0.327 e. The third kappa shape index (κ3) is 3.24. The zero-order chi connectivity index (χ0) is 14.7. The van der Waals surface area contributed by atoms with Gasteiger partial charge in [0.1, 0.15) is 6.04 Å². The Morgan fingerprint density at radius 3 is 2.95 bits per heavy atom. The van der Waals surface area contributed by atoms with E-state index in [2.05, 4.69) is 10.4 Å². The lowest BCUT2D eigenvalue weighted by molar-refractivity contribution is -0.141. The third-order valence-electron chi connectivity index (χ3n) is 3.19. The SMILES string of the molecule is CC1SCC(C(=O)O)N1C(=O)NCCc1cnn(C)c1. The third-order valence-corrected chi connectivity index (χ3v) is 4.41. The van der Waals surface area contributed by atoms with Crippen molar-refractivity contribution < 1.29 is 14.7 Å². The molecule has 0 saturated carbocycles. The number of thioether (sulfide) groups is 1. The molecule has 20 heavy (non-hydrogen) atoms. The molecule has 2 amide bonds. The highest BCUT2D eigenvalue weighted by Gasteiger charge is 2.39. The summed E-state index contributed by atoms with van der Waals surface area (Å²) >= 11 is 1.47. The first-order valence-corrected chi connectivity index (χ1v) is 7.42. The monoisotopic (exact) mass is 298 g/mol. The van der Waals surface area contributed by atoms with E-state index in [4.69, 9.17) is 5.11 Å². The number of hydrogen-bond acceptors (Lipinski definition) is 4. The van der Waals surface area contributed by atoms with Crippen LogP contribution in [0.1, 0.15) is 12.5 Å². The molecule has 0 spiro atoms. The zero-order valence-electron chi connectivity index (χ0n) is 11.4. The van der Waals surface area contributed by atoms with Crippen molar-refractivity contribution in [3.05, 3.63) is 18.0 Å². The summed E-state index contributed by atoms with van der Waals surface area (Å²) in [5, 5.41) is 15.8. The normalized spacial score (nSPS) is 22.0. The molecule has 0 bridgehead atoms. The van der Waals surface area contributed by atoms with Gasteiger partial charge in [-0.1, -0.05) is 0 Å². The van der Waals surface area contributed by atoms with Crippen LogP contribution in [0.2, 0.25) is 0 Å². The Balaban J connectivity index is 1.86. The van der Waals surface area contributed by atoms with E-state index in [0.29, 0.717) is 18.7 Å². The Morgan fingerprint density at radius 1 is 1.60 bits per heavy atom. The minimum absolute atomic E-state index is 0.116. The molecule has 110 valence electrons. The fourth-order valence-corrected chi connectivity index (χ4v) is 3.31. The number of nitrogens with zero attached hydrogens (tertiary/aromatic N) is 3. The fraction of sp³-hybridized carbons (Fsp3) is 0.583. The molecule has 0 aromatic carbocycles. The summed E-state index contributed by atoms with van der Waals surface area (Å²) in [6, 6.07) is -1.06. The molecule has 2 rings (SSSR count). The van der Waals surface area contributed by atoms with Crippen LogP contribution in [0.4, 0.5) is 4.79 Å². The average molecular weight is 298 g/mol. The van der Waals surface area contributed by atoms with Crippen LogP contribution in [0.5, 0.6) is 0 Å². The van der Waals surface area contributed by atoms with Gasteiger partial charge in [-0.15, -0.1) is 11.8 Å². The molecule has 0 radical (unpaired) electrons. The topological polar surface area (TPSA) is 87.5 Å². The number of rotatable bonds is 4. The van der Waals surface area contributed by atoms with Gasteiger partial charge >= 0.3 is 12.0 Å². The van der Waals surface area contributed by atoms with E-state index in [-0.39, 0.29) is 11.4 Å². The van der Waals surface area contributed by atoms with Gasteiger partial charge < -0.3 is 10.4 Å². The van der Waals surface area contributed by atoms with Crippen LogP contribution in [0.3, 0.4) is 0 Å². The number of carbonyl (C=O) groups is 2. The van der Waals surface area contributed by atoms with Crippen LogP contribution in [-0.4, -0.2) is 55.5 Å². The van der Waals surface area contributed by atoms with Gasteiger partial charge in [0, 0.05) is 25.5 Å². The molecule has 2 N–H and O–H groups in total. The second-order valence-corrected chi connectivity index (χ2v) is 6.05. The Hall–Kier alpha value is -1.70. The van der Waals surface area contributed by atoms with Crippen molar-refractivity contribution in [1.82, 2.24) is 20.0 Å². The second-order valence-electron chi connectivity index (χ2n) is 4.70.